The number of hydrogen-bond acceptors (Lipinski definition) is 3. The number of nitrogens with zero attached hydrogens (tertiary/aromatic N) is 2. The Bertz CT molecular complexity index is 331. The monoisotopic (exact) mass is 293 g/mol. The molecule has 0 atom stereocenters. The fourth-order valence-electron chi connectivity index (χ4n) is 2.45. The Kier molecular flexibility index (Phi) is 5.26. The van der Waals surface area contributed by atoms with Gasteiger partial charge in [0.15, 0.2) is 0 Å². The van der Waals surface area contributed by atoms with Gasteiger partial charge in [0.1, 0.15) is 0 Å². The van der Waals surface area contributed by atoms with E-state index < -0.39 is 12.7 Å². The maximum atomic E-state index is 12.3. The average Bonchev–Trinajstić information content (AvgIpc) is 3.14. The van der Waals surface area contributed by atoms with E-state index in [1.54, 1.807) is 4.90 Å². The lowest BCUT2D eigenvalue weighted by Gasteiger charge is -2.23. The van der Waals surface area contributed by atoms with Crippen molar-refractivity contribution in [3.8, 4) is 0 Å². The van der Waals surface area contributed by atoms with E-state index in [0.717, 1.165) is 6.54 Å². The molecule has 0 spiro atoms. The van der Waals surface area contributed by atoms with Crippen LogP contribution in [0.3, 0.4) is 0 Å². The summed E-state index contributed by atoms with van der Waals surface area (Å²) in [6, 6.07) is 0. The number of amides is 1. The minimum Gasteiger partial charge on any atom is -0.340 e. The minimum atomic E-state index is -4.16. The summed E-state index contributed by atoms with van der Waals surface area (Å²) in [5.41, 5.74) is 0. The van der Waals surface area contributed by atoms with E-state index in [4.69, 9.17) is 0 Å². The molecule has 1 saturated heterocycles. The van der Waals surface area contributed by atoms with Gasteiger partial charge in [-0.3, -0.25) is 9.69 Å². The largest absolute Gasteiger partial charge is 0.401 e. The molecule has 1 saturated carbocycles. The van der Waals surface area contributed by atoms with Gasteiger partial charge < -0.3 is 10.2 Å². The van der Waals surface area contributed by atoms with Crippen LogP contribution >= 0.6 is 0 Å². The van der Waals surface area contributed by atoms with Crippen LogP contribution in [0.1, 0.15) is 19.3 Å². The predicted molar refractivity (Wildman–Crippen MR) is 69.3 cm³/mol. The van der Waals surface area contributed by atoms with Crippen molar-refractivity contribution in [3.05, 3.63) is 0 Å². The van der Waals surface area contributed by atoms with Crippen molar-refractivity contribution in [2.75, 3.05) is 45.8 Å². The molecule has 4 nitrogen and oxygen atoms in total. The Morgan fingerprint density at radius 2 is 1.90 bits per heavy atom. The van der Waals surface area contributed by atoms with Gasteiger partial charge >= 0.3 is 6.18 Å². The van der Waals surface area contributed by atoms with Crippen molar-refractivity contribution in [2.24, 2.45) is 5.92 Å². The summed E-state index contributed by atoms with van der Waals surface area (Å²) in [5.74, 6) is 0.716. The van der Waals surface area contributed by atoms with E-state index in [1.165, 1.54) is 17.7 Å². The van der Waals surface area contributed by atoms with E-state index in [2.05, 4.69) is 5.32 Å². The molecule has 116 valence electrons. The molecule has 1 aliphatic heterocycles. The molecule has 2 rings (SSSR count). The summed E-state index contributed by atoms with van der Waals surface area (Å²) < 4.78 is 37.0. The minimum absolute atomic E-state index is 0.000455. The second kappa shape index (κ2) is 6.76. The third-order valence-electron chi connectivity index (χ3n) is 3.75. The molecule has 0 radical (unpaired) electrons. The third-order valence-corrected chi connectivity index (χ3v) is 3.75. The number of carbonyl (C=O) groups is 1. The molecule has 1 N–H and O–H groups in total. The van der Waals surface area contributed by atoms with E-state index >= 15 is 0 Å². The first-order chi connectivity index (χ1) is 9.44. The summed E-state index contributed by atoms with van der Waals surface area (Å²) in [7, 11) is 0. The molecule has 2 aliphatic rings. The molecule has 0 aromatic heterocycles. The van der Waals surface area contributed by atoms with E-state index in [-0.39, 0.29) is 5.91 Å². The Labute approximate surface area is 117 Å². The van der Waals surface area contributed by atoms with Crippen LogP contribution in [-0.2, 0) is 4.79 Å². The lowest BCUT2D eigenvalue weighted by Crippen LogP contribution is -2.41. The summed E-state index contributed by atoms with van der Waals surface area (Å²) in [5, 5.41) is 3.13. The number of nitrogens with one attached hydrogen (secondary N) is 1. The standard InChI is InChI=1S/C13H22F3N3O/c14-13(15,16)10-18-4-1-5-19(7-6-18)12(20)9-17-8-11-2-3-11/h11,17H,1-10H2. The maximum Gasteiger partial charge on any atom is 0.401 e. The molecule has 0 unspecified atom stereocenters. The molecule has 1 heterocycles. The summed E-state index contributed by atoms with van der Waals surface area (Å²) >= 11 is 0. The van der Waals surface area contributed by atoms with Gasteiger partial charge in [-0.1, -0.05) is 0 Å². The highest BCUT2D eigenvalue weighted by Gasteiger charge is 2.31. The number of alkyl halides is 3. The zero-order valence-corrected chi connectivity index (χ0v) is 11.6. The zero-order chi connectivity index (χ0) is 14.6. The van der Waals surface area contributed by atoms with Gasteiger partial charge in [0.25, 0.3) is 0 Å². The van der Waals surface area contributed by atoms with Gasteiger partial charge in [-0.05, 0) is 31.7 Å². The highest BCUT2D eigenvalue weighted by Crippen LogP contribution is 2.27. The molecule has 2 fully saturated rings. The Balaban J connectivity index is 1.69. The van der Waals surface area contributed by atoms with Gasteiger partial charge in [-0.15, -0.1) is 0 Å². The Morgan fingerprint density at radius 3 is 2.55 bits per heavy atom. The first-order valence-electron chi connectivity index (χ1n) is 7.21. The molecule has 1 amide bonds. The lowest BCUT2D eigenvalue weighted by molar-refractivity contribution is -0.145. The second-order valence-corrected chi connectivity index (χ2v) is 5.70. The third kappa shape index (κ3) is 5.66. The Hall–Kier alpha value is -0.820. The van der Waals surface area contributed by atoms with Gasteiger partial charge in [0, 0.05) is 26.2 Å². The zero-order valence-electron chi connectivity index (χ0n) is 11.6. The van der Waals surface area contributed by atoms with Gasteiger partial charge in [0.2, 0.25) is 5.91 Å². The second-order valence-electron chi connectivity index (χ2n) is 5.70. The van der Waals surface area contributed by atoms with Crippen molar-refractivity contribution >= 4 is 5.91 Å². The summed E-state index contributed by atoms with van der Waals surface area (Å²) in [4.78, 5) is 15.0. The molecule has 7 heteroatoms. The van der Waals surface area contributed by atoms with E-state index in [0.29, 0.717) is 45.1 Å². The fourth-order valence-corrected chi connectivity index (χ4v) is 2.45. The van der Waals surface area contributed by atoms with Crippen LogP contribution in [0, 0.1) is 5.92 Å². The van der Waals surface area contributed by atoms with Crippen molar-refractivity contribution in [1.29, 1.82) is 0 Å². The first-order valence-corrected chi connectivity index (χ1v) is 7.21. The van der Waals surface area contributed by atoms with Crippen LogP contribution in [0.5, 0.6) is 0 Å². The number of carbonyl (C=O) groups excluding carboxylic acids is 1. The molecular weight excluding hydrogens is 271 g/mol. The number of rotatable bonds is 5. The summed E-state index contributed by atoms with van der Waals surface area (Å²) in [6.45, 7) is 1.94. The van der Waals surface area contributed by atoms with Crippen molar-refractivity contribution in [2.45, 2.75) is 25.4 Å². The quantitative estimate of drug-likeness (QED) is 0.824. The van der Waals surface area contributed by atoms with Crippen molar-refractivity contribution < 1.29 is 18.0 Å². The van der Waals surface area contributed by atoms with Gasteiger partial charge in [-0.2, -0.15) is 13.2 Å². The topological polar surface area (TPSA) is 35.6 Å². The van der Waals surface area contributed by atoms with Crippen LogP contribution in [0.4, 0.5) is 13.2 Å². The lowest BCUT2D eigenvalue weighted by atomic mass is 10.3. The molecule has 0 aromatic carbocycles. The van der Waals surface area contributed by atoms with E-state index in [1.807, 2.05) is 0 Å². The predicted octanol–water partition coefficient (Wildman–Crippen LogP) is 1.08. The average molecular weight is 293 g/mol. The molecule has 0 aromatic rings. The summed E-state index contributed by atoms with van der Waals surface area (Å²) in [6.07, 6.45) is -1.09. The molecule has 1 aliphatic carbocycles. The SMILES string of the molecule is O=C(CNCC1CC1)N1CCCN(CC(F)(F)F)CC1. The highest BCUT2D eigenvalue weighted by molar-refractivity contribution is 5.78. The molecular formula is C13H22F3N3O. The normalized spacial score (nSPS) is 21.9. The maximum absolute atomic E-state index is 12.3. The van der Waals surface area contributed by atoms with Crippen LogP contribution in [0.25, 0.3) is 0 Å². The van der Waals surface area contributed by atoms with Crippen LogP contribution in [-0.4, -0.2) is 67.7 Å². The highest BCUT2D eigenvalue weighted by atomic mass is 19.4. The van der Waals surface area contributed by atoms with Crippen molar-refractivity contribution in [3.63, 3.8) is 0 Å². The van der Waals surface area contributed by atoms with Gasteiger partial charge in [0.05, 0.1) is 13.1 Å². The van der Waals surface area contributed by atoms with Crippen LogP contribution in [0.2, 0.25) is 0 Å². The van der Waals surface area contributed by atoms with Gasteiger partial charge in [-0.25, -0.2) is 0 Å². The molecule has 20 heavy (non-hydrogen) atoms. The fraction of sp³-hybridized carbons (Fsp3) is 0.923. The number of hydrogen-bond donors (Lipinski definition) is 1. The van der Waals surface area contributed by atoms with Crippen molar-refractivity contribution in [1.82, 2.24) is 15.1 Å². The number of halogens is 3. The smallest absolute Gasteiger partial charge is 0.340 e. The molecule has 0 bridgehead atoms. The van der Waals surface area contributed by atoms with Crippen LogP contribution in [0.15, 0.2) is 0 Å². The van der Waals surface area contributed by atoms with E-state index in [9.17, 15) is 18.0 Å². The Morgan fingerprint density at radius 1 is 1.15 bits per heavy atom. The van der Waals surface area contributed by atoms with Crippen LogP contribution < -0.4 is 5.32 Å². The first kappa shape index (κ1) is 15.6.